The summed E-state index contributed by atoms with van der Waals surface area (Å²) in [7, 11) is 0. The van der Waals surface area contributed by atoms with Crippen molar-refractivity contribution < 1.29 is 4.79 Å². The van der Waals surface area contributed by atoms with Crippen molar-refractivity contribution in [2.75, 3.05) is 0 Å². The summed E-state index contributed by atoms with van der Waals surface area (Å²) < 4.78 is 0. The number of Topliss-reactive ketones (excluding diaryl/α,β-unsaturated/α-hetero) is 1. The average Bonchev–Trinajstić information content (AvgIpc) is 2.95. The molecule has 3 aromatic carbocycles. The first-order chi connectivity index (χ1) is 13.3. The van der Waals surface area contributed by atoms with Gasteiger partial charge in [0, 0.05) is 30.1 Å². The van der Waals surface area contributed by atoms with Crippen LogP contribution in [-0.4, -0.2) is 22.8 Å². The van der Waals surface area contributed by atoms with Crippen LogP contribution in [0.4, 0.5) is 0 Å². The highest BCUT2D eigenvalue weighted by molar-refractivity contribution is 6.01. The number of carbonyl (C=O) groups is 1. The SMILES string of the molecule is O=C(c1ccc2ccccc2c1)C1CC2CCC(C1)N2Cc1ccccc1. The molecule has 2 heteroatoms. The average molecular weight is 355 g/mol. The van der Waals surface area contributed by atoms with Crippen LogP contribution >= 0.6 is 0 Å². The van der Waals surface area contributed by atoms with Gasteiger partial charge in [-0.3, -0.25) is 9.69 Å². The second-order valence-corrected chi connectivity index (χ2v) is 8.14. The summed E-state index contributed by atoms with van der Waals surface area (Å²) in [6.07, 6.45) is 4.49. The number of hydrogen-bond acceptors (Lipinski definition) is 2. The molecule has 136 valence electrons. The third-order valence-electron chi connectivity index (χ3n) is 6.50. The zero-order valence-electron chi connectivity index (χ0n) is 15.6. The highest BCUT2D eigenvalue weighted by atomic mass is 16.1. The van der Waals surface area contributed by atoms with Gasteiger partial charge in [-0.1, -0.05) is 66.7 Å². The summed E-state index contributed by atoms with van der Waals surface area (Å²) in [5.41, 5.74) is 2.27. The molecule has 2 nitrogen and oxygen atoms in total. The molecule has 3 aromatic rings. The second-order valence-electron chi connectivity index (χ2n) is 8.14. The Morgan fingerprint density at radius 3 is 2.22 bits per heavy atom. The van der Waals surface area contributed by atoms with Crippen molar-refractivity contribution in [3.05, 3.63) is 83.9 Å². The van der Waals surface area contributed by atoms with Crippen LogP contribution in [0.15, 0.2) is 72.8 Å². The molecule has 0 saturated carbocycles. The normalized spacial score (nSPS) is 25.0. The van der Waals surface area contributed by atoms with Crippen LogP contribution in [0.25, 0.3) is 10.8 Å². The van der Waals surface area contributed by atoms with E-state index in [1.165, 1.54) is 23.8 Å². The Bertz CT molecular complexity index is 950. The lowest BCUT2D eigenvalue weighted by Crippen LogP contribution is -2.44. The Morgan fingerprint density at radius 2 is 1.48 bits per heavy atom. The molecule has 0 aliphatic carbocycles. The van der Waals surface area contributed by atoms with Crippen molar-refractivity contribution in [3.63, 3.8) is 0 Å². The van der Waals surface area contributed by atoms with E-state index in [1.807, 2.05) is 18.2 Å². The summed E-state index contributed by atoms with van der Waals surface area (Å²) in [6.45, 7) is 1.02. The molecule has 2 fully saturated rings. The molecule has 2 bridgehead atoms. The third-order valence-corrected chi connectivity index (χ3v) is 6.50. The summed E-state index contributed by atoms with van der Waals surface area (Å²) >= 11 is 0. The highest BCUT2D eigenvalue weighted by Crippen LogP contribution is 2.40. The van der Waals surface area contributed by atoms with E-state index < -0.39 is 0 Å². The van der Waals surface area contributed by atoms with Crippen molar-refractivity contribution in [3.8, 4) is 0 Å². The largest absolute Gasteiger partial charge is 0.294 e. The zero-order valence-corrected chi connectivity index (χ0v) is 15.6. The number of fused-ring (bicyclic) bond motifs is 3. The minimum atomic E-state index is 0.177. The topological polar surface area (TPSA) is 20.3 Å². The van der Waals surface area contributed by atoms with E-state index in [0.717, 1.165) is 30.3 Å². The van der Waals surface area contributed by atoms with Gasteiger partial charge in [0.25, 0.3) is 0 Å². The van der Waals surface area contributed by atoms with Crippen LogP contribution in [0.2, 0.25) is 0 Å². The molecular weight excluding hydrogens is 330 g/mol. The van der Waals surface area contributed by atoms with Gasteiger partial charge in [-0.05, 0) is 48.1 Å². The van der Waals surface area contributed by atoms with Crippen LogP contribution in [0.3, 0.4) is 0 Å². The van der Waals surface area contributed by atoms with Gasteiger partial charge in [-0.2, -0.15) is 0 Å². The molecule has 0 aromatic heterocycles. The van der Waals surface area contributed by atoms with Crippen molar-refractivity contribution in [2.45, 2.75) is 44.3 Å². The molecule has 0 amide bonds. The number of ketones is 1. The van der Waals surface area contributed by atoms with E-state index in [0.29, 0.717) is 17.9 Å². The Kier molecular flexibility index (Phi) is 4.29. The van der Waals surface area contributed by atoms with Gasteiger partial charge in [-0.15, -0.1) is 0 Å². The molecule has 0 radical (unpaired) electrons. The van der Waals surface area contributed by atoms with Gasteiger partial charge in [-0.25, -0.2) is 0 Å². The fraction of sp³-hybridized carbons (Fsp3) is 0.320. The maximum absolute atomic E-state index is 13.2. The monoisotopic (exact) mass is 355 g/mol. The quantitative estimate of drug-likeness (QED) is 0.579. The number of rotatable bonds is 4. The number of benzene rings is 3. The Labute approximate surface area is 160 Å². The number of carbonyl (C=O) groups excluding carboxylic acids is 1. The van der Waals surface area contributed by atoms with E-state index in [9.17, 15) is 4.79 Å². The van der Waals surface area contributed by atoms with Gasteiger partial charge in [0.1, 0.15) is 0 Å². The van der Waals surface area contributed by atoms with Crippen molar-refractivity contribution in [1.82, 2.24) is 4.90 Å². The van der Waals surface area contributed by atoms with E-state index in [4.69, 9.17) is 0 Å². The molecule has 27 heavy (non-hydrogen) atoms. The molecule has 0 spiro atoms. The Hall–Kier alpha value is -2.45. The van der Waals surface area contributed by atoms with Gasteiger partial charge >= 0.3 is 0 Å². The van der Waals surface area contributed by atoms with Crippen LogP contribution < -0.4 is 0 Å². The molecule has 2 aliphatic heterocycles. The standard InChI is InChI=1S/C25H25NO/c27-25(21-11-10-19-8-4-5-9-20(19)14-21)22-15-23-12-13-24(16-22)26(23)17-18-6-2-1-3-7-18/h1-11,14,22-24H,12-13,15-17H2. The molecule has 5 rings (SSSR count). The lowest BCUT2D eigenvalue weighted by atomic mass is 9.84. The number of nitrogens with zero attached hydrogens (tertiary/aromatic N) is 1. The predicted molar refractivity (Wildman–Crippen MR) is 110 cm³/mol. The first kappa shape index (κ1) is 16.7. The lowest BCUT2D eigenvalue weighted by molar-refractivity contribution is 0.0678. The van der Waals surface area contributed by atoms with Crippen molar-refractivity contribution in [2.24, 2.45) is 5.92 Å². The van der Waals surface area contributed by atoms with Gasteiger partial charge in [0.15, 0.2) is 5.78 Å². The zero-order chi connectivity index (χ0) is 18.2. The van der Waals surface area contributed by atoms with E-state index in [-0.39, 0.29) is 5.92 Å². The van der Waals surface area contributed by atoms with Crippen molar-refractivity contribution in [1.29, 1.82) is 0 Å². The minimum Gasteiger partial charge on any atom is -0.294 e. The first-order valence-corrected chi connectivity index (χ1v) is 10.1. The fourth-order valence-electron chi connectivity index (χ4n) is 5.12. The van der Waals surface area contributed by atoms with Crippen LogP contribution in [0.5, 0.6) is 0 Å². The molecule has 2 saturated heterocycles. The summed E-state index contributed by atoms with van der Waals surface area (Å²) in [5.74, 6) is 0.521. The summed E-state index contributed by atoms with van der Waals surface area (Å²) in [4.78, 5) is 15.9. The lowest BCUT2D eigenvalue weighted by Gasteiger charge is -2.38. The first-order valence-electron chi connectivity index (χ1n) is 10.1. The van der Waals surface area contributed by atoms with Crippen molar-refractivity contribution >= 4 is 16.6 Å². The summed E-state index contributed by atoms with van der Waals surface area (Å²) in [5, 5.41) is 2.36. The smallest absolute Gasteiger partial charge is 0.166 e. The second kappa shape index (κ2) is 6.94. The van der Waals surface area contributed by atoms with E-state index in [2.05, 4.69) is 59.5 Å². The molecule has 2 heterocycles. The Balaban J connectivity index is 1.33. The molecule has 0 N–H and O–H groups in total. The Morgan fingerprint density at radius 1 is 0.815 bits per heavy atom. The third kappa shape index (κ3) is 3.19. The van der Waals surface area contributed by atoms with E-state index in [1.54, 1.807) is 0 Å². The van der Waals surface area contributed by atoms with Crippen LogP contribution in [0, 0.1) is 5.92 Å². The molecule has 2 aliphatic rings. The highest BCUT2D eigenvalue weighted by Gasteiger charge is 2.42. The molecule has 2 atom stereocenters. The van der Waals surface area contributed by atoms with Crippen LogP contribution in [0.1, 0.15) is 41.6 Å². The maximum atomic E-state index is 13.2. The molecule has 2 unspecified atom stereocenters. The molecular formula is C25H25NO. The summed E-state index contributed by atoms with van der Waals surface area (Å²) in [6, 6.07) is 26.3. The number of hydrogen-bond donors (Lipinski definition) is 0. The van der Waals surface area contributed by atoms with Gasteiger partial charge < -0.3 is 0 Å². The van der Waals surface area contributed by atoms with Gasteiger partial charge in [0.2, 0.25) is 0 Å². The fourth-order valence-corrected chi connectivity index (χ4v) is 5.12. The minimum absolute atomic E-state index is 0.177. The maximum Gasteiger partial charge on any atom is 0.166 e. The van der Waals surface area contributed by atoms with Gasteiger partial charge in [0.05, 0.1) is 0 Å². The van der Waals surface area contributed by atoms with E-state index >= 15 is 0 Å². The number of piperidine rings is 1. The van der Waals surface area contributed by atoms with Crippen LogP contribution in [-0.2, 0) is 6.54 Å². The predicted octanol–water partition coefficient (Wildman–Crippen LogP) is 5.47.